The summed E-state index contributed by atoms with van der Waals surface area (Å²) in [5.74, 6) is -0.464. The van der Waals surface area contributed by atoms with Crippen LogP contribution in [0.5, 0.6) is 0 Å². The summed E-state index contributed by atoms with van der Waals surface area (Å²) in [4.78, 5) is 0.0697. The van der Waals surface area contributed by atoms with Crippen molar-refractivity contribution in [2.45, 2.75) is 11.4 Å². The Morgan fingerprint density at radius 3 is 2.47 bits per heavy atom. The monoisotopic (exact) mass is 283 g/mol. The molecule has 2 aromatic rings. The molecule has 0 atom stereocenters. The molecule has 1 aromatic carbocycles. The third-order valence-corrected chi connectivity index (χ3v) is 4.50. The Morgan fingerprint density at radius 1 is 1.32 bits per heavy atom. The van der Waals surface area contributed by atoms with Gasteiger partial charge in [-0.25, -0.2) is 12.8 Å². The topological polar surface area (TPSA) is 55.2 Å². The first kappa shape index (κ1) is 13.7. The van der Waals surface area contributed by atoms with E-state index in [9.17, 15) is 12.8 Å². The number of sulfonamides is 1. The molecule has 0 spiro atoms. The molecule has 0 saturated carbocycles. The van der Waals surface area contributed by atoms with E-state index in [-0.39, 0.29) is 11.4 Å². The van der Waals surface area contributed by atoms with Crippen molar-refractivity contribution in [2.24, 2.45) is 7.05 Å². The Bertz CT molecular complexity index is 665. The predicted molar refractivity (Wildman–Crippen MR) is 68.3 cm³/mol. The Kier molecular flexibility index (Phi) is 3.68. The van der Waals surface area contributed by atoms with Gasteiger partial charge >= 0.3 is 0 Å². The standard InChI is InChI=1S/C12H14FN3O2S/c1-15-8-10(7-14-15)9-16(2)19(17,18)12-5-3-11(13)4-6-12/h3-8H,9H2,1-2H3. The summed E-state index contributed by atoms with van der Waals surface area (Å²) in [6, 6.07) is 4.77. The van der Waals surface area contributed by atoms with Gasteiger partial charge in [-0.15, -0.1) is 0 Å². The molecule has 0 aliphatic rings. The average molecular weight is 283 g/mol. The number of benzene rings is 1. The molecule has 0 bridgehead atoms. The van der Waals surface area contributed by atoms with Crippen LogP contribution >= 0.6 is 0 Å². The molecule has 0 unspecified atom stereocenters. The van der Waals surface area contributed by atoms with E-state index in [0.29, 0.717) is 0 Å². The van der Waals surface area contributed by atoms with Crippen LogP contribution < -0.4 is 0 Å². The lowest BCUT2D eigenvalue weighted by molar-refractivity contribution is 0.466. The number of hydrogen-bond donors (Lipinski definition) is 0. The summed E-state index contributed by atoms with van der Waals surface area (Å²) in [7, 11) is -0.375. The van der Waals surface area contributed by atoms with Crippen LogP contribution in [0.15, 0.2) is 41.6 Å². The third kappa shape index (κ3) is 2.99. The predicted octanol–water partition coefficient (Wildman–Crippen LogP) is 1.38. The zero-order valence-corrected chi connectivity index (χ0v) is 11.4. The van der Waals surface area contributed by atoms with E-state index in [1.54, 1.807) is 24.1 Å². The molecule has 0 N–H and O–H groups in total. The molecule has 7 heteroatoms. The lowest BCUT2D eigenvalue weighted by atomic mass is 10.3. The van der Waals surface area contributed by atoms with Gasteiger partial charge < -0.3 is 0 Å². The van der Waals surface area contributed by atoms with Gasteiger partial charge in [0.15, 0.2) is 0 Å². The maximum atomic E-state index is 12.8. The first-order chi connectivity index (χ1) is 8.89. The molecule has 0 fully saturated rings. The highest BCUT2D eigenvalue weighted by atomic mass is 32.2. The first-order valence-electron chi connectivity index (χ1n) is 5.59. The fourth-order valence-corrected chi connectivity index (χ4v) is 2.84. The van der Waals surface area contributed by atoms with Crippen LogP contribution in [0.3, 0.4) is 0 Å². The molecule has 5 nitrogen and oxygen atoms in total. The van der Waals surface area contributed by atoms with E-state index in [0.717, 1.165) is 17.7 Å². The fourth-order valence-electron chi connectivity index (χ4n) is 1.68. The van der Waals surface area contributed by atoms with E-state index in [1.165, 1.54) is 23.5 Å². The Hall–Kier alpha value is -1.73. The van der Waals surface area contributed by atoms with Crippen molar-refractivity contribution in [2.75, 3.05) is 7.05 Å². The van der Waals surface area contributed by atoms with Gasteiger partial charge in [0.2, 0.25) is 10.0 Å². The van der Waals surface area contributed by atoms with Crippen molar-refractivity contribution in [1.29, 1.82) is 0 Å². The Morgan fingerprint density at radius 2 is 1.95 bits per heavy atom. The number of aromatic nitrogens is 2. The van der Waals surface area contributed by atoms with Crippen LogP contribution in [-0.4, -0.2) is 29.6 Å². The minimum absolute atomic E-state index is 0.0697. The van der Waals surface area contributed by atoms with E-state index < -0.39 is 15.8 Å². The molecule has 0 aliphatic carbocycles. The van der Waals surface area contributed by atoms with E-state index >= 15 is 0 Å². The van der Waals surface area contributed by atoms with Crippen molar-refractivity contribution in [3.63, 3.8) is 0 Å². The van der Waals surface area contributed by atoms with Crippen LogP contribution in [0, 0.1) is 5.82 Å². The molecule has 1 heterocycles. The Balaban J connectivity index is 2.21. The molecule has 0 saturated heterocycles. The highest BCUT2D eigenvalue weighted by Gasteiger charge is 2.21. The van der Waals surface area contributed by atoms with Crippen LogP contribution in [0.2, 0.25) is 0 Å². The second-order valence-electron chi connectivity index (χ2n) is 4.24. The minimum atomic E-state index is -3.62. The smallest absolute Gasteiger partial charge is 0.243 e. The molecule has 2 rings (SSSR count). The van der Waals surface area contributed by atoms with Crippen molar-refractivity contribution < 1.29 is 12.8 Å². The molecular weight excluding hydrogens is 269 g/mol. The average Bonchev–Trinajstić information content (AvgIpc) is 2.75. The van der Waals surface area contributed by atoms with Gasteiger partial charge in [-0.2, -0.15) is 9.40 Å². The molecule has 1 aromatic heterocycles. The van der Waals surface area contributed by atoms with Crippen LogP contribution in [-0.2, 0) is 23.6 Å². The van der Waals surface area contributed by atoms with Gasteiger partial charge in [0, 0.05) is 32.4 Å². The summed E-state index contributed by atoms with van der Waals surface area (Å²) in [5, 5.41) is 3.98. The number of hydrogen-bond acceptors (Lipinski definition) is 3. The number of nitrogens with zero attached hydrogens (tertiary/aromatic N) is 3. The van der Waals surface area contributed by atoms with E-state index in [2.05, 4.69) is 5.10 Å². The quantitative estimate of drug-likeness (QED) is 0.852. The largest absolute Gasteiger partial charge is 0.275 e. The summed E-state index contributed by atoms with van der Waals surface area (Å²) >= 11 is 0. The van der Waals surface area contributed by atoms with Gasteiger partial charge in [0.05, 0.1) is 11.1 Å². The molecule has 0 radical (unpaired) electrons. The molecular formula is C12H14FN3O2S. The number of rotatable bonds is 4. The second-order valence-corrected chi connectivity index (χ2v) is 6.28. The van der Waals surface area contributed by atoms with Crippen molar-refractivity contribution in [1.82, 2.24) is 14.1 Å². The van der Waals surface area contributed by atoms with Gasteiger partial charge in [-0.3, -0.25) is 4.68 Å². The SMILES string of the molecule is CN(Cc1cnn(C)c1)S(=O)(=O)c1ccc(F)cc1. The van der Waals surface area contributed by atoms with Crippen LogP contribution in [0.25, 0.3) is 0 Å². The normalized spacial score (nSPS) is 12.0. The summed E-state index contributed by atoms with van der Waals surface area (Å²) in [6.07, 6.45) is 3.35. The molecule has 0 aliphatic heterocycles. The highest BCUT2D eigenvalue weighted by molar-refractivity contribution is 7.89. The third-order valence-electron chi connectivity index (χ3n) is 2.69. The summed E-state index contributed by atoms with van der Waals surface area (Å²) in [6.45, 7) is 0.216. The van der Waals surface area contributed by atoms with Gasteiger partial charge in [0.25, 0.3) is 0 Å². The van der Waals surface area contributed by atoms with Crippen LogP contribution in [0.4, 0.5) is 4.39 Å². The zero-order chi connectivity index (χ0) is 14.0. The second kappa shape index (κ2) is 5.10. The molecule has 102 valence electrons. The first-order valence-corrected chi connectivity index (χ1v) is 7.03. The fraction of sp³-hybridized carbons (Fsp3) is 0.250. The number of aryl methyl sites for hydroxylation is 1. The van der Waals surface area contributed by atoms with Crippen LogP contribution in [0.1, 0.15) is 5.56 Å². The van der Waals surface area contributed by atoms with Crippen molar-refractivity contribution in [3.8, 4) is 0 Å². The zero-order valence-electron chi connectivity index (χ0n) is 10.6. The lowest BCUT2D eigenvalue weighted by Gasteiger charge is -2.16. The van der Waals surface area contributed by atoms with Crippen molar-refractivity contribution in [3.05, 3.63) is 48.0 Å². The van der Waals surface area contributed by atoms with Crippen molar-refractivity contribution >= 4 is 10.0 Å². The highest BCUT2D eigenvalue weighted by Crippen LogP contribution is 2.16. The van der Waals surface area contributed by atoms with Gasteiger partial charge in [-0.1, -0.05) is 0 Å². The van der Waals surface area contributed by atoms with E-state index in [1.807, 2.05) is 0 Å². The van der Waals surface area contributed by atoms with Gasteiger partial charge in [0.1, 0.15) is 5.82 Å². The maximum absolute atomic E-state index is 12.8. The lowest BCUT2D eigenvalue weighted by Crippen LogP contribution is -2.26. The minimum Gasteiger partial charge on any atom is -0.275 e. The number of halogens is 1. The summed E-state index contributed by atoms with van der Waals surface area (Å²) in [5.41, 5.74) is 0.788. The molecule has 19 heavy (non-hydrogen) atoms. The molecule has 0 amide bonds. The maximum Gasteiger partial charge on any atom is 0.243 e. The Labute approximate surface area is 111 Å². The summed E-state index contributed by atoms with van der Waals surface area (Å²) < 4.78 is 40.1. The van der Waals surface area contributed by atoms with Gasteiger partial charge in [-0.05, 0) is 24.3 Å². The van der Waals surface area contributed by atoms with E-state index in [4.69, 9.17) is 0 Å².